The molecule has 2 rings (SSSR count). The van der Waals surface area contributed by atoms with E-state index in [4.69, 9.17) is 0 Å². The van der Waals surface area contributed by atoms with Crippen molar-refractivity contribution in [3.05, 3.63) is 0 Å². The van der Waals surface area contributed by atoms with Gasteiger partial charge in [0, 0.05) is 26.2 Å². The normalized spacial score (nSPS) is 29.9. The number of aliphatic hydroxyl groups excluding tert-OH is 1. The van der Waals surface area contributed by atoms with Crippen molar-refractivity contribution in [1.82, 2.24) is 8.61 Å². The van der Waals surface area contributed by atoms with Gasteiger partial charge < -0.3 is 5.11 Å². The molecule has 0 spiro atoms. The van der Waals surface area contributed by atoms with E-state index in [0.29, 0.717) is 26.2 Å². The Hall–Kier alpha value is -0.170. The standard InChI is InChI=1S/C13H26N2O3S/c1-12(16)13-7-6-10-15(11-13)19(17,18)14-8-4-2-3-5-9-14/h12-13,16H,2-11H2,1H3/t12-,13+/m0/s1. The Morgan fingerprint density at radius 3 is 2.16 bits per heavy atom. The molecule has 2 aliphatic heterocycles. The Morgan fingerprint density at radius 1 is 1.00 bits per heavy atom. The average Bonchev–Trinajstić information content (AvgIpc) is 2.68. The highest BCUT2D eigenvalue weighted by Crippen LogP contribution is 2.24. The van der Waals surface area contributed by atoms with Gasteiger partial charge in [0.25, 0.3) is 10.2 Å². The molecule has 0 amide bonds. The molecule has 0 radical (unpaired) electrons. The minimum absolute atomic E-state index is 0.0792. The van der Waals surface area contributed by atoms with Gasteiger partial charge in [0.2, 0.25) is 0 Å². The van der Waals surface area contributed by atoms with E-state index in [9.17, 15) is 13.5 Å². The van der Waals surface area contributed by atoms with E-state index in [1.54, 1.807) is 15.5 Å². The Balaban J connectivity index is 2.05. The summed E-state index contributed by atoms with van der Waals surface area (Å²) in [6.45, 7) is 4.13. The maximum atomic E-state index is 12.6. The minimum atomic E-state index is -3.32. The number of hydrogen-bond donors (Lipinski definition) is 1. The molecule has 112 valence electrons. The fourth-order valence-electron chi connectivity index (χ4n) is 3.01. The molecule has 0 unspecified atom stereocenters. The molecule has 0 aromatic rings. The molecule has 2 atom stereocenters. The molecular weight excluding hydrogens is 264 g/mol. The molecule has 0 saturated carbocycles. The Kier molecular flexibility index (Phi) is 5.22. The van der Waals surface area contributed by atoms with E-state index in [1.165, 1.54) is 0 Å². The zero-order valence-corrected chi connectivity index (χ0v) is 12.6. The van der Waals surface area contributed by atoms with Gasteiger partial charge >= 0.3 is 0 Å². The van der Waals surface area contributed by atoms with Crippen LogP contribution in [0.2, 0.25) is 0 Å². The molecule has 2 aliphatic rings. The van der Waals surface area contributed by atoms with Crippen LogP contribution in [-0.4, -0.2) is 54.4 Å². The zero-order chi connectivity index (χ0) is 13.9. The first-order chi connectivity index (χ1) is 9.01. The third-order valence-electron chi connectivity index (χ3n) is 4.32. The van der Waals surface area contributed by atoms with Gasteiger partial charge in [-0.25, -0.2) is 0 Å². The average molecular weight is 290 g/mol. The first-order valence-electron chi connectivity index (χ1n) is 7.45. The van der Waals surface area contributed by atoms with Crippen molar-refractivity contribution < 1.29 is 13.5 Å². The highest BCUT2D eigenvalue weighted by Gasteiger charge is 2.34. The predicted octanol–water partition coefficient (Wildman–Crippen LogP) is 1.20. The second-order valence-electron chi connectivity index (χ2n) is 5.82. The lowest BCUT2D eigenvalue weighted by Crippen LogP contribution is -2.49. The summed E-state index contributed by atoms with van der Waals surface area (Å²) in [6.07, 6.45) is 5.53. The number of aliphatic hydroxyl groups is 1. The molecule has 0 aromatic heterocycles. The smallest absolute Gasteiger partial charge is 0.281 e. The summed E-state index contributed by atoms with van der Waals surface area (Å²) in [6, 6.07) is 0. The molecule has 0 aromatic carbocycles. The van der Waals surface area contributed by atoms with Crippen LogP contribution in [0.15, 0.2) is 0 Å². The van der Waals surface area contributed by atoms with Crippen LogP contribution in [0.5, 0.6) is 0 Å². The van der Waals surface area contributed by atoms with E-state index in [-0.39, 0.29) is 5.92 Å². The third kappa shape index (κ3) is 3.68. The van der Waals surface area contributed by atoms with Crippen molar-refractivity contribution in [2.24, 2.45) is 5.92 Å². The monoisotopic (exact) mass is 290 g/mol. The van der Waals surface area contributed by atoms with Gasteiger partial charge in [-0.15, -0.1) is 0 Å². The quantitative estimate of drug-likeness (QED) is 0.849. The Morgan fingerprint density at radius 2 is 1.58 bits per heavy atom. The SMILES string of the molecule is C[C@H](O)[C@@H]1CCCN(S(=O)(=O)N2CCCCCC2)C1. The summed E-state index contributed by atoms with van der Waals surface area (Å²) in [7, 11) is -3.32. The summed E-state index contributed by atoms with van der Waals surface area (Å²) in [5.74, 6) is 0.0792. The van der Waals surface area contributed by atoms with Gasteiger partial charge in [0.1, 0.15) is 0 Å². The van der Waals surface area contributed by atoms with Crippen LogP contribution in [0.1, 0.15) is 45.4 Å². The summed E-state index contributed by atoms with van der Waals surface area (Å²) < 4.78 is 28.5. The molecule has 6 heteroatoms. The van der Waals surface area contributed by atoms with Gasteiger partial charge in [0.05, 0.1) is 6.10 Å². The van der Waals surface area contributed by atoms with Crippen LogP contribution < -0.4 is 0 Å². The van der Waals surface area contributed by atoms with Crippen LogP contribution in [0.25, 0.3) is 0 Å². The van der Waals surface area contributed by atoms with Crippen molar-refractivity contribution in [3.63, 3.8) is 0 Å². The summed E-state index contributed by atoms with van der Waals surface area (Å²) >= 11 is 0. The van der Waals surface area contributed by atoms with Crippen molar-refractivity contribution in [2.75, 3.05) is 26.2 Å². The van der Waals surface area contributed by atoms with E-state index in [1.807, 2.05) is 0 Å². The number of hydrogen-bond acceptors (Lipinski definition) is 3. The maximum absolute atomic E-state index is 12.6. The summed E-state index contributed by atoms with van der Waals surface area (Å²) in [4.78, 5) is 0. The van der Waals surface area contributed by atoms with Crippen LogP contribution in [-0.2, 0) is 10.2 Å². The molecule has 0 aliphatic carbocycles. The van der Waals surface area contributed by atoms with Crippen molar-refractivity contribution in [3.8, 4) is 0 Å². The molecule has 2 fully saturated rings. The number of nitrogens with zero attached hydrogens (tertiary/aromatic N) is 2. The van der Waals surface area contributed by atoms with E-state index >= 15 is 0 Å². The van der Waals surface area contributed by atoms with Gasteiger partial charge in [-0.1, -0.05) is 12.8 Å². The fourth-order valence-corrected chi connectivity index (χ4v) is 4.80. The molecule has 0 bridgehead atoms. The summed E-state index contributed by atoms with van der Waals surface area (Å²) in [5.41, 5.74) is 0. The van der Waals surface area contributed by atoms with Crippen LogP contribution in [0.4, 0.5) is 0 Å². The van der Waals surface area contributed by atoms with Crippen molar-refractivity contribution >= 4 is 10.2 Å². The molecule has 5 nitrogen and oxygen atoms in total. The second kappa shape index (κ2) is 6.52. The highest BCUT2D eigenvalue weighted by molar-refractivity contribution is 7.86. The van der Waals surface area contributed by atoms with Crippen molar-refractivity contribution in [1.29, 1.82) is 0 Å². The molecule has 19 heavy (non-hydrogen) atoms. The van der Waals surface area contributed by atoms with Gasteiger partial charge in [0.15, 0.2) is 0 Å². The van der Waals surface area contributed by atoms with Crippen LogP contribution in [0.3, 0.4) is 0 Å². The second-order valence-corrected chi connectivity index (χ2v) is 7.75. The number of piperidine rings is 1. The molecular formula is C13H26N2O3S. The van der Waals surface area contributed by atoms with Gasteiger partial charge in [-0.2, -0.15) is 17.0 Å². The van der Waals surface area contributed by atoms with Crippen LogP contribution >= 0.6 is 0 Å². The molecule has 2 saturated heterocycles. The molecule has 2 heterocycles. The van der Waals surface area contributed by atoms with Crippen LogP contribution in [0, 0.1) is 5.92 Å². The predicted molar refractivity (Wildman–Crippen MR) is 74.9 cm³/mol. The first-order valence-corrected chi connectivity index (χ1v) is 8.85. The van der Waals surface area contributed by atoms with Crippen molar-refractivity contribution in [2.45, 2.75) is 51.6 Å². The Bertz CT molecular complexity index is 375. The fraction of sp³-hybridized carbons (Fsp3) is 1.00. The first kappa shape index (κ1) is 15.2. The topological polar surface area (TPSA) is 60.9 Å². The van der Waals surface area contributed by atoms with Gasteiger partial charge in [-0.3, -0.25) is 0 Å². The highest BCUT2D eigenvalue weighted by atomic mass is 32.2. The largest absolute Gasteiger partial charge is 0.393 e. The number of rotatable bonds is 3. The Labute approximate surface area is 116 Å². The minimum Gasteiger partial charge on any atom is -0.393 e. The lowest BCUT2D eigenvalue weighted by molar-refractivity contribution is 0.0866. The lowest BCUT2D eigenvalue weighted by atomic mass is 9.95. The van der Waals surface area contributed by atoms with E-state index < -0.39 is 16.3 Å². The van der Waals surface area contributed by atoms with E-state index in [0.717, 1.165) is 38.5 Å². The zero-order valence-electron chi connectivity index (χ0n) is 11.8. The maximum Gasteiger partial charge on any atom is 0.281 e. The molecule has 1 N–H and O–H groups in total. The third-order valence-corrected chi connectivity index (χ3v) is 6.32. The lowest BCUT2D eigenvalue weighted by Gasteiger charge is -2.36. The van der Waals surface area contributed by atoms with E-state index in [2.05, 4.69) is 0 Å². The summed E-state index contributed by atoms with van der Waals surface area (Å²) in [5, 5.41) is 9.68. The van der Waals surface area contributed by atoms with Gasteiger partial charge in [-0.05, 0) is 38.5 Å².